The Bertz CT molecular complexity index is 260. The van der Waals surface area contributed by atoms with Crippen molar-refractivity contribution in [3.63, 3.8) is 0 Å². The Kier molecular flexibility index (Phi) is 2.75. The molecule has 0 radical (unpaired) electrons. The minimum atomic E-state index is -5.80. The summed E-state index contributed by atoms with van der Waals surface area (Å²) < 4.78 is 67.9. The van der Waals surface area contributed by atoms with Gasteiger partial charge in [-0.15, -0.1) is 0 Å². The smallest absolute Gasteiger partial charge is 0.433 e. The molecule has 9 heteroatoms. The third-order valence-corrected chi connectivity index (χ3v) is 1.87. The standard InChI is InChI=1S/C5HCl2F5O2/c6-1-2(7)14-3(13-1)4(8,9)5(10,11)12/h3H. The fraction of sp³-hybridized carbons (Fsp3) is 0.600. The molecule has 1 heterocycles. The molecule has 0 aromatic rings. The van der Waals surface area contributed by atoms with E-state index >= 15 is 0 Å². The van der Waals surface area contributed by atoms with Crippen LogP contribution in [0, 0.1) is 0 Å². The van der Waals surface area contributed by atoms with Crippen LogP contribution in [-0.4, -0.2) is 18.4 Å². The molecule has 1 aliphatic rings. The predicted molar refractivity (Wildman–Crippen MR) is 35.7 cm³/mol. The summed E-state index contributed by atoms with van der Waals surface area (Å²) in [5, 5.41) is -1.67. The van der Waals surface area contributed by atoms with Gasteiger partial charge >= 0.3 is 18.4 Å². The molecule has 0 fully saturated rings. The predicted octanol–water partition coefficient (Wildman–Crippen LogP) is 3.16. The molecule has 0 bridgehead atoms. The second kappa shape index (κ2) is 3.30. The maximum absolute atomic E-state index is 12.5. The van der Waals surface area contributed by atoms with Crippen molar-refractivity contribution in [3.8, 4) is 0 Å². The zero-order valence-corrected chi connectivity index (χ0v) is 7.55. The quantitative estimate of drug-likeness (QED) is 0.673. The van der Waals surface area contributed by atoms with E-state index in [1.807, 2.05) is 0 Å². The van der Waals surface area contributed by atoms with Gasteiger partial charge in [0.1, 0.15) is 0 Å². The van der Waals surface area contributed by atoms with Crippen LogP contribution in [0.25, 0.3) is 0 Å². The Hall–Kier alpha value is -0.430. The van der Waals surface area contributed by atoms with Crippen LogP contribution < -0.4 is 0 Å². The highest BCUT2D eigenvalue weighted by Crippen LogP contribution is 2.44. The molecule has 82 valence electrons. The molecule has 14 heavy (non-hydrogen) atoms. The van der Waals surface area contributed by atoms with Gasteiger partial charge in [-0.05, 0) is 23.2 Å². The van der Waals surface area contributed by atoms with Crippen LogP contribution in [0.2, 0.25) is 0 Å². The maximum atomic E-state index is 12.5. The number of ether oxygens (including phenoxy) is 2. The van der Waals surface area contributed by atoms with Crippen LogP contribution in [-0.2, 0) is 9.47 Å². The number of hydrogen-bond acceptors (Lipinski definition) is 2. The number of rotatable bonds is 1. The van der Waals surface area contributed by atoms with Crippen molar-refractivity contribution in [2.45, 2.75) is 18.4 Å². The first-order valence-corrected chi connectivity index (χ1v) is 3.75. The molecule has 0 aromatic carbocycles. The van der Waals surface area contributed by atoms with Crippen LogP contribution >= 0.6 is 23.2 Å². The van der Waals surface area contributed by atoms with Crippen molar-refractivity contribution in [1.29, 1.82) is 0 Å². The Balaban J connectivity index is 2.80. The van der Waals surface area contributed by atoms with Gasteiger partial charge in [-0.1, -0.05) is 0 Å². The Morgan fingerprint density at radius 1 is 0.929 bits per heavy atom. The van der Waals surface area contributed by atoms with E-state index in [-0.39, 0.29) is 0 Å². The molecule has 1 rings (SSSR count). The lowest BCUT2D eigenvalue weighted by Gasteiger charge is -2.23. The summed E-state index contributed by atoms with van der Waals surface area (Å²) in [5.74, 6) is -5.18. The fourth-order valence-electron chi connectivity index (χ4n) is 0.586. The summed E-state index contributed by atoms with van der Waals surface area (Å²) >= 11 is 10.0. The first kappa shape index (κ1) is 11.6. The van der Waals surface area contributed by atoms with Crippen molar-refractivity contribution in [3.05, 3.63) is 10.4 Å². The summed E-state index contributed by atoms with van der Waals surface area (Å²) in [7, 11) is 0. The van der Waals surface area contributed by atoms with E-state index < -0.39 is 28.8 Å². The first-order chi connectivity index (χ1) is 6.16. The van der Waals surface area contributed by atoms with Gasteiger partial charge in [0.25, 0.3) is 0 Å². The molecule has 0 unspecified atom stereocenters. The number of hydrogen-bond donors (Lipinski definition) is 0. The summed E-state index contributed by atoms with van der Waals surface area (Å²) in [6, 6.07) is 0. The minimum Gasteiger partial charge on any atom is -0.433 e. The van der Waals surface area contributed by atoms with Crippen molar-refractivity contribution in [2.24, 2.45) is 0 Å². The Labute approximate surface area is 84.2 Å². The molecule has 0 saturated carbocycles. The van der Waals surface area contributed by atoms with Crippen LogP contribution in [0.15, 0.2) is 10.4 Å². The molecule has 0 aromatic heterocycles. The van der Waals surface area contributed by atoms with E-state index in [0.29, 0.717) is 0 Å². The van der Waals surface area contributed by atoms with Gasteiger partial charge in [0.15, 0.2) is 0 Å². The molecule has 0 amide bonds. The number of alkyl halides is 5. The van der Waals surface area contributed by atoms with Crippen molar-refractivity contribution < 1.29 is 31.4 Å². The topological polar surface area (TPSA) is 18.5 Å². The molecular weight excluding hydrogens is 258 g/mol. The lowest BCUT2D eigenvalue weighted by molar-refractivity contribution is -0.343. The summed E-state index contributed by atoms with van der Waals surface area (Å²) in [6.07, 6.45) is -8.67. The monoisotopic (exact) mass is 258 g/mol. The summed E-state index contributed by atoms with van der Waals surface area (Å²) in [6.45, 7) is 0. The second-order valence-electron chi connectivity index (χ2n) is 2.24. The maximum Gasteiger partial charge on any atom is 0.461 e. The molecule has 0 spiro atoms. The van der Waals surface area contributed by atoms with Gasteiger partial charge in [0.2, 0.25) is 10.4 Å². The van der Waals surface area contributed by atoms with Gasteiger partial charge in [0, 0.05) is 0 Å². The largest absolute Gasteiger partial charge is 0.461 e. The van der Waals surface area contributed by atoms with Crippen LogP contribution in [0.3, 0.4) is 0 Å². The van der Waals surface area contributed by atoms with E-state index in [2.05, 4.69) is 9.47 Å². The summed E-state index contributed by atoms with van der Waals surface area (Å²) in [4.78, 5) is 0. The highest BCUT2D eigenvalue weighted by Gasteiger charge is 2.67. The Morgan fingerprint density at radius 2 is 1.29 bits per heavy atom. The fourth-order valence-corrected chi connectivity index (χ4v) is 0.837. The first-order valence-electron chi connectivity index (χ1n) is 2.99. The van der Waals surface area contributed by atoms with Gasteiger partial charge < -0.3 is 9.47 Å². The zero-order valence-electron chi connectivity index (χ0n) is 6.04. The van der Waals surface area contributed by atoms with Crippen molar-refractivity contribution in [1.82, 2.24) is 0 Å². The lowest BCUT2D eigenvalue weighted by atomic mass is 10.3. The van der Waals surface area contributed by atoms with Crippen LogP contribution in [0.4, 0.5) is 22.0 Å². The average molecular weight is 259 g/mol. The van der Waals surface area contributed by atoms with E-state index in [1.54, 1.807) is 0 Å². The second-order valence-corrected chi connectivity index (χ2v) is 2.92. The Morgan fingerprint density at radius 3 is 1.57 bits per heavy atom. The highest BCUT2D eigenvalue weighted by molar-refractivity contribution is 6.37. The third-order valence-electron chi connectivity index (χ3n) is 1.25. The molecule has 0 N–H and O–H groups in total. The lowest BCUT2D eigenvalue weighted by Crippen LogP contribution is -2.47. The molecular formula is C5HCl2F5O2. The van der Waals surface area contributed by atoms with Gasteiger partial charge in [-0.25, -0.2) is 0 Å². The van der Waals surface area contributed by atoms with E-state index in [9.17, 15) is 22.0 Å². The van der Waals surface area contributed by atoms with Crippen molar-refractivity contribution >= 4 is 23.2 Å². The van der Waals surface area contributed by atoms with Gasteiger partial charge in [-0.2, -0.15) is 22.0 Å². The van der Waals surface area contributed by atoms with Crippen LogP contribution in [0.1, 0.15) is 0 Å². The van der Waals surface area contributed by atoms with Crippen molar-refractivity contribution in [2.75, 3.05) is 0 Å². The molecule has 0 aliphatic carbocycles. The van der Waals surface area contributed by atoms with E-state index in [4.69, 9.17) is 23.2 Å². The summed E-state index contributed by atoms with van der Waals surface area (Å²) in [5.41, 5.74) is 0. The van der Waals surface area contributed by atoms with Gasteiger partial charge in [0.05, 0.1) is 0 Å². The van der Waals surface area contributed by atoms with E-state index in [0.717, 1.165) is 0 Å². The SMILES string of the molecule is FC(F)(F)C(F)(F)C1OC(Cl)=C(Cl)O1. The molecule has 2 nitrogen and oxygen atoms in total. The highest BCUT2D eigenvalue weighted by atomic mass is 35.5. The van der Waals surface area contributed by atoms with E-state index in [1.165, 1.54) is 0 Å². The van der Waals surface area contributed by atoms with Gasteiger partial charge in [-0.3, -0.25) is 0 Å². The molecule has 0 atom stereocenters. The number of halogens is 7. The molecule has 0 saturated heterocycles. The normalized spacial score (nSPS) is 19.6. The molecule has 1 aliphatic heterocycles. The zero-order chi connectivity index (χ0) is 11.1. The van der Waals surface area contributed by atoms with Crippen LogP contribution in [0.5, 0.6) is 0 Å². The minimum absolute atomic E-state index is 0.833. The average Bonchev–Trinajstić information content (AvgIpc) is 2.30. The third kappa shape index (κ3) is 1.83.